The maximum atomic E-state index is 12.5. The fourth-order valence-electron chi connectivity index (χ4n) is 6.60. The van der Waals surface area contributed by atoms with Gasteiger partial charge >= 0.3 is 23.1 Å². The molecule has 0 aliphatic carbocycles. The average Bonchev–Trinajstić information content (AvgIpc) is 3.00. The Hall–Kier alpha value is -4.31. The van der Waals surface area contributed by atoms with E-state index in [1.54, 1.807) is 24.3 Å². The Bertz CT molecular complexity index is 2040. The first-order valence-electron chi connectivity index (χ1n) is 14.6. The predicted octanol–water partition coefficient (Wildman–Crippen LogP) is 4.21. The van der Waals surface area contributed by atoms with Gasteiger partial charge in [0, 0.05) is 43.1 Å². The van der Waals surface area contributed by atoms with Gasteiger partial charge in [0.05, 0.1) is 44.5 Å². The van der Waals surface area contributed by atoms with Gasteiger partial charge in [0.15, 0.2) is 0 Å². The summed E-state index contributed by atoms with van der Waals surface area (Å²) in [6.07, 6.45) is 2.40. The number of carbonyl (C=O) groups is 2. The molecule has 2 aliphatic rings. The third-order valence-electron chi connectivity index (χ3n) is 8.61. The third-order valence-corrected chi connectivity index (χ3v) is 10.0. The maximum Gasteiger partial charge on any atom is 0.366 e. The standard InChI is InChI=1S/C31H30N2O11S2/c34-30(35)18-5-6-19(31(36)37)24(17-18)27-22-7-9-25-20(3-1-11-32(25)13-15-45(38,39)40)28(22)44-29-21-4-2-12-33(14-16-46(41,42)43)26(21)10-8-23(27)29/h5-10,17H,1-4,11-16H2,(H3-,34,35,36,37,38,39,40,41,42,43)/p+1. The number of carboxylic acids is 2. The van der Waals surface area contributed by atoms with Crippen LogP contribution in [0.5, 0.6) is 0 Å². The van der Waals surface area contributed by atoms with Gasteiger partial charge in [-0.05, 0) is 73.7 Å². The highest BCUT2D eigenvalue weighted by Gasteiger charge is 2.34. The second-order valence-corrected chi connectivity index (χ2v) is 14.6. The molecule has 15 heteroatoms. The van der Waals surface area contributed by atoms with E-state index in [0.717, 1.165) is 11.1 Å². The molecular weight excluding hydrogens is 640 g/mol. The van der Waals surface area contributed by atoms with Crippen LogP contribution in [0.15, 0.2) is 46.9 Å². The SMILES string of the molecule is O=C(O)c1ccc(C(=O)O)c(-c2c3ccc4c(c3[o+]c3c5c(ccc23)N(CCS(=O)(=O)O)CCC5)CCCN4CCS(=O)(=O)O)c1. The molecule has 4 N–H and O–H groups in total. The van der Waals surface area contributed by atoms with E-state index in [0.29, 0.717) is 77.6 Å². The molecule has 13 nitrogen and oxygen atoms in total. The summed E-state index contributed by atoms with van der Waals surface area (Å²) in [5.41, 5.74) is 4.18. The Morgan fingerprint density at radius 1 is 0.717 bits per heavy atom. The van der Waals surface area contributed by atoms with Crippen molar-refractivity contribution in [3.8, 4) is 11.1 Å². The molecule has 6 rings (SSSR count). The second kappa shape index (κ2) is 11.8. The van der Waals surface area contributed by atoms with Gasteiger partial charge < -0.3 is 20.0 Å². The zero-order valence-corrected chi connectivity index (χ0v) is 26.1. The number of benzene rings is 3. The van der Waals surface area contributed by atoms with Crippen molar-refractivity contribution in [1.29, 1.82) is 0 Å². The molecule has 0 fully saturated rings. The lowest BCUT2D eigenvalue weighted by molar-refractivity contribution is 0.0682. The highest BCUT2D eigenvalue weighted by Crippen LogP contribution is 2.46. The summed E-state index contributed by atoms with van der Waals surface area (Å²) in [5, 5.41) is 21.1. The Kier molecular flexibility index (Phi) is 8.13. The van der Waals surface area contributed by atoms with Crippen molar-refractivity contribution in [1.82, 2.24) is 0 Å². The van der Waals surface area contributed by atoms with Gasteiger partial charge in [-0.15, -0.1) is 0 Å². The summed E-state index contributed by atoms with van der Waals surface area (Å²) >= 11 is 0. The third kappa shape index (κ3) is 6.10. The van der Waals surface area contributed by atoms with Crippen molar-refractivity contribution in [2.24, 2.45) is 0 Å². The minimum Gasteiger partial charge on any atom is -0.478 e. The smallest absolute Gasteiger partial charge is 0.366 e. The zero-order valence-electron chi connectivity index (χ0n) is 24.5. The molecule has 0 bridgehead atoms. The lowest BCUT2D eigenvalue weighted by Crippen LogP contribution is -2.34. The Morgan fingerprint density at radius 3 is 1.65 bits per heavy atom. The number of aromatic carboxylic acids is 2. The van der Waals surface area contributed by atoms with Crippen LogP contribution in [0.2, 0.25) is 0 Å². The minimum atomic E-state index is -4.22. The number of hydrogen-bond acceptors (Lipinski definition) is 8. The Morgan fingerprint density at radius 2 is 1.22 bits per heavy atom. The molecule has 3 heterocycles. The molecule has 3 aromatic carbocycles. The fraction of sp³-hybridized carbons (Fsp3) is 0.323. The van der Waals surface area contributed by atoms with Crippen LogP contribution in [0.1, 0.15) is 44.7 Å². The maximum absolute atomic E-state index is 12.5. The molecular formula is C31H31N2O11S2+. The molecule has 0 spiro atoms. The predicted molar refractivity (Wildman–Crippen MR) is 171 cm³/mol. The van der Waals surface area contributed by atoms with E-state index in [1.807, 2.05) is 9.80 Å². The van der Waals surface area contributed by atoms with E-state index >= 15 is 0 Å². The first-order chi connectivity index (χ1) is 21.7. The van der Waals surface area contributed by atoms with Crippen LogP contribution < -0.4 is 9.80 Å². The van der Waals surface area contributed by atoms with Gasteiger partial charge in [-0.2, -0.15) is 16.8 Å². The first-order valence-corrected chi connectivity index (χ1v) is 17.8. The molecule has 1 aromatic heterocycles. The van der Waals surface area contributed by atoms with Crippen molar-refractivity contribution >= 4 is 65.5 Å². The minimum absolute atomic E-state index is 0.0414. The molecule has 2 aliphatic heterocycles. The molecule has 0 saturated carbocycles. The highest BCUT2D eigenvalue weighted by atomic mass is 32.2. The zero-order chi connectivity index (χ0) is 33.0. The normalized spacial score (nSPS) is 15.2. The van der Waals surface area contributed by atoms with Crippen LogP contribution in [0.4, 0.5) is 11.4 Å². The van der Waals surface area contributed by atoms with Crippen molar-refractivity contribution in [2.75, 3.05) is 47.5 Å². The average molecular weight is 672 g/mol. The van der Waals surface area contributed by atoms with Crippen molar-refractivity contribution in [3.63, 3.8) is 0 Å². The van der Waals surface area contributed by atoms with Gasteiger partial charge in [-0.25, -0.2) is 14.0 Å². The number of rotatable bonds is 9. The summed E-state index contributed by atoms with van der Waals surface area (Å²) in [6.45, 7) is 1.16. The van der Waals surface area contributed by atoms with E-state index in [-0.39, 0.29) is 29.8 Å². The van der Waals surface area contributed by atoms with Crippen LogP contribution in [0.25, 0.3) is 33.1 Å². The van der Waals surface area contributed by atoms with Gasteiger partial charge in [0.25, 0.3) is 20.2 Å². The number of fused-ring (bicyclic) bond motifs is 6. The number of anilines is 2. The van der Waals surface area contributed by atoms with Gasteiger partial charge in [0.1, 0.15) is 0 Å². The van der Waals surface area contributed by atoms with Crippen LogP contribution >= 0.6 is 0 Å². The highest BCUT2D eigenvalue weighted by molar-refractivity contribution is 7.86. The molecule has 0 unspecified atom stereocenters. The number of carboxylic acid groups (broad SMARTS) is 2. The molecule has 0 atom stereocenters. The van der Waals surface area contributed by atoms with Crippen molar-refractivity contribution in [2.45, 2.75) is 25.7 Å². The lowest BCUT2D eigenvalue weighted by Gasteiger charge is -2.31. The van der Waals surface area contributed by atoms with E-state index in [9.17, 15) is 45.7 Å². The number of hydrogen-bond donors (Lipinski definition) is 4. The van der Waals surface area contributed by atoms with E-state index < -0.39 is 43.7 Å². The lowest BCUT2D eigenvalue weighted by atomic mass is 9.88. The summed E-state index contributed by atoms with van der Waals surface area (Å²) < 4.78 is 71.7. The largest absolute Gasteiger partial charge is 0.478 e. The summed E-state index contributed by atoms with van der Waals surface area (Å²) in [6, 6.07) is 10.9. The topological polar surface area (TPSA) is 201 Å². The Labute approximate surface area is 264 Å². The quantitative estimate of drug-likeness (QED) is 0.112. The molecule has 0 amide bonds. The van der Waals surface area contributed by atoms with Crippen molar-refractivity contribution in [3.05, 3.63) is 64.7 Å². The van der Waals surface area contributed by atoms with Crippen LogP contribution in [-0.2, 0) is 33.1 Å². The van der Waals surface area contributed by atoms with E-state index in [2.05, 4.69) is 0 Å². The van der Waals surface area contributed by atoms with E-state index in [4.69, 9.17) is 4.42 Å². The molecule has 46 heavy (non-hydrogen) atoms. The fourth-order valence-corrected chi connectivity index (χ4v) is 7.50. The number of nitrogens with zero attached hydrogens (tertiary/aromatic N) is 2. The van der Waals surface area contributed by atoms with Gasteiger partial charge in [-0.1, -0.05) is 0 Å². The van der Waals surface area contributed by atoms with Crippen LogP contribution in [0.3, 0.4) is 0 Å². The van der Waals surface area contributed by atoms with Crippen LogP contribution in [-0.4, -0.2) is 85.8 Å². The summed E-state index contributed by atoms with van der Waals surface area (Å²) in [4.78, 5) is 28.2. The molecule has 0 radical (unpaired) electrons. The molecule has 0 saturated heterocycles. The molecule has 242 valence electrons. The van der Waals surface area contributed by atoms with Gasteiger partial charge in [-0.3, -0.25) is 9.11 Å². The summed E-state index contributed by atoms with van der Waals surface area (Å²) in [7, 11) is -8.44. The monoisotopic (exact) mass is 671 g/mol. The van der Waals surface area contributed by atoms with Crippen LogP contribution in [0, 0.1) is 0 Å². The number of aryl methyl sites for hydroxylation is 2. The van der Waals surface area contributed by atoms with Crippen molar-refractivity contribution < 1.29 is 50.2 Å². The summed E-state index contributed by atoms with van der Waals surface area (Å²) in [5.74, 6) is -3.42. The van der Waals surface area contributed by atoms with E-state index in [1.165, 1.54) is 18.2 Å². The van der Waals surface area contributed by atoms with Gasteiger partial charge in [0.2, 0.25) is 0 Å². The second-order valence-electron chi connectivity index (χ2n) is 11.5. The molecule has 4 aromatic rings. The Balaban J connectivity index is 1.67. The first kappa shape index (κ1) is 31.7.